The van der Waals surface area contributed by atoms with E-state index in [0.717, 1.165) is 50.2 Å². The van der Waals surface area contributed by atoms with Gasteiger partial charge in [-0.15, -0.1) is 0 Å². The first-order valence-corrected chi connectivity index (χ1v) is 14.1. The zero-order valence-corrected chi connectivity index (χ0v) is 21.9. The summed E-state index contributed by atoms with van der Waals surface area (Å²) in [5.41, 5.74) is 3.29. The molecule has 2 aliphatic carbocycles. The third kappa shape index (κ3) is 6.97. The molecule has 0 bridgehead atoms. The van der Waals surface area contributed by atoms with Gasteiger partial charge in [-0.3, -0.25) is 4.79 Å². The lowest BCUT2D eigenvalue weighted by atomic mass is 9.67. The Morgan fingerprint density at radius 3 is 2.37 bits per heavy atom. The molecule has 2 saturated carbocycles. The Balaban J connectivity index is 1.56. The van der Waals surface area contributed by atoms with Gasteiger partial charge in [-0.1, -0.05) is 94.7 Å². The predicted octanol–water partition coefficient (Wildman–Crippen LogP) is 8.44. The molecule has 0 heterocycles. The fraction of sp³-hybridized carbons (Fsp3) is 0.594. The summed E-state index contributed by atoms with van der Waals surface area (Å²) in [6.45, 7) is 4.47. The summed E-state index contributed by atoms with van der Waals surface area (Å²) in [5.74, 6) is 1.49. The van der Waals surface area contributed by atoms with Gasteiger partial charge in [0, 0.05) is 11.8 Å². The number of carbonyl (C=O) groups excluding carboxylic acids is 1. The summed E-state index contributed by atoms with van der Waals surface area (Å²) in [6, 6.07) is 17.0. The largest absolute Gasteiger partial charge is 0.464 e. The number of hydrogen-bond donors (Lipinski definition) is 0. The van der Waals surface area contributed by atoms with Crippen molar-refractivity contribution in [3.8, 4) is 5.75 Å². The van der Waals surface area contributed by atoms with Crippen LogP contribution in [0.3, 0.4) is 0 Å². The van der Waals surface area contributed by atoms with Crippen molar-refractivity contribution >= 4 is 5.78 Å². The maximum Gasteiger partial charge on any atom is 0.200 e. The van der Waals surface area contributed by atoms with Crippen LogP contribution >= 0.6 is 0 Å². The van der Waals surface area contributed by atoms with E-state index in [-0.39, 0.29) is 17.5 Å². The van der Waals surface area contributed by atoms with Crippen molar-refractivity contribution in [2.75, 3.05) is 6.61 Å². The average Bonchev–Trinajstić information content (AvgIpc) is 2.90. The van der Waals surface area contributed by atoms with E-state index in [9.17, 15) is 4.79 Å². The lowest BCUT2D eigenvalue weighted by Gasteiger charge is -2.40. The van der Waals surface area contributed by atoms with Crippen LogP contribution in [0.25, 0.3) is 0 Å². The summed E-state index contributed by atoms with van der Waals surface area (Å²) >= 11 is 0. The zero-order chi connectivity index (χ0) is 24.5. The van der Waals surface area contributed by atoms with Crippen molar-refractivity contribution in [3.63, 3.8) is 0 Å². The molecule has 3 nitrogen and oxygen atoms in total. The van der Waals surface area contributed by atoms with Gasteiger partial charge in [-0.05, 0) is 61.8 Å². The Morgan fingerprint density at radius 2 is 1.69 bits per heavy atom. The van der Waals surface area contributed by atoms with Crippen LogP contribution in [0.1, 0.15) is 112 Å². The van der Waals surface area contributed by atoms with Crippen LogP contribution in [0.15, 0.2) is 48.5 Å². The average molecular weight is 477 g/mol. The maximum absolute atomic E-state index is 12.5. The number of aryl methyl sites for hydroxylation is 1. The normalized spacial score (nSPS) is 19.3. The molecule has 1 atom stereocenters. The second-order valence-corrected chi connectivity index (χ2v) is 10.9. The SMILES string of the molecule is CCc1ccc(OC(CC2(c3ccccc3)CCCCC2)OCCC2CCCCC2)c(C(C)=O)c1. The summed E-state index contributed by atoms with van der Waals surface area (Å²) in [6.07, 6.45) is 15.3. The fourth-order valence-electron chi connectivity index (χ4n) is 6.24. The second kappa shape index (κ2) is 12.7. The van der Waals surface area contributed by atoms with Crippen LogP contribution in [0.4, 0.5) is 0 Å². The first kappa shape index (κ1) is 25.9. The summed E-state index contributed by atoms with van der Waals surface area (Å²) < 4.78 is 13.2. The van der Waals surface area contributed by atoms with E-state index in [1.165, 1.54) is 56.9 Å². The van der Waals surface area contributed by atoms with E-state index in [2.05, 4.69) is 43.3 Å². The third-order valence-electron chi connectivity index (χ3n) is 8.40. The first-order valence-electron chi connectivity index (χ1n) is 14.1. The molecule has 2 aromatic carbocycles. The smallest absolute Gasteiger partial charge is 0.200 e. The molecule has 0 N–H and O–H groups in total. The number of carbonyl (C=O) groups is 1. The molecule has 1 unspecified atom stereocenters. The quantitative estimate of drug-likeness (QED) is 0.241. The molecule has 2 aliphatic rings. The first-order chi connectivity index (χ1) is 17.1. The molecule has 2 fully saturated rings. The summed E-state index contributed by atoms with van der Waals surface area (Å²) in [5, 5.41) is 0. The fourth-order valence-corrected chi connectivity index (χ4v) is 6.24. The van der Waals surface area contributed by atoms with E-state index in [1.807, 2.05) is 12.1 Å². The highest BCUT2D eigenvalue weighted by Gasteiger charge is 2.37. The molecule has 0 aromatic heterocycles. The van der Waals surface area contributed by atoms with Crippen molar-refractivity contribution in [2.45, 2.75) is 109 Å². The van der Waals surface area contributed by atoms with Crippen molar-refractivity contribution in [1.82, 2.24) is 0 Å². The Kier molecular flexibility index (Phi) is 9.43. The highest BCUT2D eigenvalue weighted by molar-refractivity contribution is 5.97. The van der Waals surface area contributed by atoms with E-state index >= 15 is 0 Å². The van der Waals surface area contributed by atoms with E-state index in [1.54, 1.807) is 6.92 Å². The van der Waals surface area contributed by atoms with Crippen molar-refractivity contribution < 1.29 is 14.3 Å². The molecule has 4 rings (SSSR count). The lowest BCUT2D eigenvalue weighted by molar-refractivity contribution is -0.103. The zero-order valence-electron chi connectivity index (χ0n) is 21.9. The van der Waals surface area contributed by atoms with Gasteiger partial charge in [0.05, 0.1) is 12.2 Å². The number of ketones is 1. The molecule has 35 heavy (non-hydrogen) atoms. The molecule has 0 spiro atoms. The number of rotatable bonds is 11. The Labute approximate surface area is 212 Å². The van der Waals surface area contributed by atoms with Crippen LogP contribution in [0, 0.1) is 5.92 Å². The molecule has 2 aromatic rings. The van der Waals surface area contributed by atoms with Gasteiger partial charge in [0.2, 0.25) is 6.29 Å². The number of ether oxygens (including phenoxy) is 2. The summed E-state index contributed by atoms with van der Waals surface area (Å²) in [7, 11) is 0. The molecule has 0 radical (unpaired) electrons. The van der Waals surface area contributed by atoms with Gasteiger partial charge >= 0.3 is 0 Å². The van der Waals surface area contributed by atoms with E-state index in [0.29, 0.717) is 11.3 Å². The van der Waals surface area contributed by atoms with Crippen LogP contribution in [-0.2, 0) is 16.6 Å². The summed E-state index contributed by atoms with van der Waals surface area (Å²) in [4.78, 5) is 12.5. The van der Waals surface area contributed by atoms with E-state index in [4.69, 9.17) is 9.47 Å². The molecular formula is C32H44O3. The number of hydrogen-bond acceptors (Lipinski definition) is 3. The Bertz CT molecular complexity index is 923. The lowest BCUT2D eigenvalue weighted by Crippen LogP contribution is -2.37. The second-order valence-electron chi connectivity index (χ2n) is 10.9. The van der Waals surface area contributed by atoms with Crippen LogP contribution in [0.2, 0.25) is 0 Å². The molecule has 0 amide bonds. The minimum Gasteiger partial charge on any atom is -0.464 e. The van der Waals surface area contributed by atoms with Crippen LogP contribution < -0.4 is 4.74 Å². The van der Waals surface area contributed by atoms with Crippen molar-refractivity contribution in [2.24, 2.45) is 5.92 Å². The number of Topliss-reactive ketones (excluding diaryl/α,β-unsaturated/α-hetero) is 1. The highest BCUT2D eigenvalue weighted by Crippen LogP contribution is 2.44. The van der Waals surface area contributed by atoms with Gasteiger partial charge in [-0.2, -0.15) is 0 Å². The van der Waals surface area contributed by atoms with E-state index < -0.39 is 0 Å². The van der Waals surface area contributed by atoms with Gasteiger partial charge in [0.15, 0.2) is 5.78 Å². The Morgan fingerprint density at radius 1 is 0.971 bits per heavy atom. The van der Waals surface area contributed by atoms with Gasteiger partial charge in [0.1, 0.15) is 5.75 Å². The molecule has 3 heteroatoms. The minimum absolute atomic E-state index is 0.0479. The molecule has 0 saturated heterocycles. The highest BCUT2D eigenvalue weighted by atomic mass is 16.7. The van der Waals surface area contributed by atoms with Gasteiger partial charge in [-0.25, -0.2) is 0 Å². The third-order valence-corrected chi connectivity index (χ3v) is 8.40. The molecular weight excluding hydrogens is 432 g/mol. The monoisotopic (exact) mass is 476 g/mol. The Hall–Kier alpha value is -2.13. The topological polar surface area (TPSA) is 35.5 Å². The van der Waals surface area contributed by atoms with Gasteiger partial charge in [0.25, 0.3) is 0 Å². The predicted molar refractivity (Wildman–Crippen MR) is 143 cm³/mol. The standard InChI is InChI=1S/C32H44O3/c1-3-26-17-18-30(29(23-26)25(2)33)35-31(34-22-19-27-13-7-4-8-14-27)24-32(20-11-6-12-21-32)28-15-9-5-10-16-28/h5,9-10,15-18,23,27,31H,3-4,6-8,11-14,19-22,24H2,1-2H3. The molecule has 190 valence electrons. The van der Waals surface area contributed by atoms with Crippen LogP contribution in [-0.4, -0.2) is 18.7 Å². The van der Waals surface area contributed by atoms with Gasteiger partial charge < -0.3 is 9.47 Å². The maximum atomic E-state index is 12.5. The minimum atomic E-state index is -0.359. The number of benzene rings is 2. The molecule has 0 aliphatic heterocycles. The van der Waals surface area contributed by atoms with Crippen molar-refractivity contribution in [1.29, 1.82) is 0 Å². The van der Waals surface area contributed by atoms with Crippen molar-refractivity contribution in [3.05, 3.63) is 65.2 Å². The van der Waals surface area contributed by atoms with Crippen LogP contribution in [0.5, 0.6) is 5.75 Å².